The van der Waals surface area contributed by atoms with Crippen LogP contribution in [-0.4, -0.2) is 68.3 Å². The first-order valence-electron chi connectivity index (χ1n) is 17.4. The van der Waals surface area contributed by atoms with Crippen molar-refractivity contribution >= 4 is 65.1 Å². The first kappa shape index (κ1) is 30.6. The van der Waals surface area contributed by atoms with Gasteiger partial charge in [-0.25, -0.2) is 4.79 Å². The number of carbonyl (C=O) groups is 4. The maximum absolute atomic E-state index is 14.2. The minimum atomic E-state index is -2.31. The Labute approximate surface area is 290 Å². The molecule has 0 radical (unpaired) electrons. The number of nitrogens with zero attached hydrogens (tertiary/aromatic N) is 3. The van der Waals surface area contributed by atoms with Gasteiger partial charge in [0.15, 0.2) is 5.60 Å². The molecule has 49 heavy (non-hydrogen) atoms. The van der Waals surface area contributed by atoms with Crippen molar-refractivity contribution in [2.24, 2.45) is 5.73 Å². The number of imide groups is 1. The van der Waals surface area contributed by atoms with Crippen molar-refractivity contribution in [1.29, 1.82) is 0 Å². The number of esters is 1. The second kappa shape index (κ2) is 11.0. The molecule has 3 fully saturated rings. The van der Waals surface area contributed by atoms with Gasteiger partial charge in [0.1, 0.15) is 13.6 Å². The maximum atomic E-state index is 14.2. The number of benzene rings is 3. The topological polar surface area (TPSA) is 113 Å². The molecule has 250 valence electrons. The van der Waals surface area contributed by atoms with Gasteiger partial charge in [0.05, 0.1) is 5.56 Å². The van der Waals surface area contributed by atoms with E-state index in [0.717, 1.165) is 66.4 Å². The molecule has 9 nitrogen and oxygen atoms in total. The lowest BCUT2D eigenvalue weighted by molar-refractivity contribution is -0.137. The van der Waals surface area contributed by atoms with E-state index in [-0.39, 0.29) is 12.0 Å². The monoisotopic (exact) mass is 692 g/mol. The molecular formula is C38H37ClN4O5Si. The number of hydrogen-bond acceptors (Lipinski definition) is 7. The minimum Gasteiger partial charge on any atom is -0.441 e. The van der Waals surface area contributed by atoms with Crippen molar-refractivity contribution in [3.05, 3.63) is 94.1 Å². The lowest BCUT2D eigenvalue weighted by atomic mass is 9.77. The number of nitrogens with two attached hydrogens (primary N) is 1. The van der Waals surface area contributed by atoms with E-state index in [4.69, 9.17) is 22.1 Å². The fourth-order valence-corrected chi connectivity index (χ4v) is 15.2. The maximum Gasteiger partial charge on any atom is 0.340 e. The lowest BCUT2D eigenvalue weighted by Gasteiger charge is -2.49. The molecule has 2 spiro atoms. The van der Waals surface area contributed by atoms with Crippen molar-refractivity contribution < 1.29 is 23.9 Å². The summed E-state index contributed by atoms with van der Waals surface area (Å²) in [5.74, 6) is -2.25. The summed E-state index contributed by atoms with van der Waals surface area (Å²) in [4.78, 5) is 57.9. The number of hydrogen-bond donors (Lipinski definition) is 1. The quantitative estimate of drug-likeness (QED) is 0.138. The van der Waals surface area contributed by atoms with Crippen molar-refractivity contribution in [2.75, 3.05) is 36.0 Å². The Hall–Kier alpha value is -4.41. The summed E-state index contributed by atoms with van der Waals surface area (Å²) < 4.78 is 6.70. The van der Waals surface area contributed by atoms with Crippen LogP contribution in [0.25, 0.3) is 0 Å². The number of ether oxygens (including phenoxy) is 1. The average molecular weight is 693 g/mol. The van der Waals surface area contributed by atoms with Gasteiger partial charge in [-0.15, -0.1) is 0 Å². The summed E-state index contributed by atoms with van der Waals surface area (Å²) in [6, 6.07) is 19.1. The van der Waals surface area contributed by atoms with Crippen LogP contribution in [-0.2, 0) is 26.3 Å². The third-order valence-electron chi connectivity index (χ3n) is 11.8. The molecule has 3 amide bonds. The number of amides is 3. The molecule has 0 aromatic heterocycles. The lowest BCUT2D eigenvalue weighted by Crippen LogP contribution is -2.67. The number of carbonyl (C=O) groups excluding carboxylic acids is 4. The molecule has 2 N–H and O–H groups in total. The fourth-order valence-electron chi connectivity index (χ4n) is 9.11. The molecule has 6 heterocycles. The number of primary amides is 1. The van der Waals surface area contributed by atoms with Crippen LogP contribution in [0.4, 0.5) is 11.4 Å². The summed E-state index contributed by atoms with van der Waals surface area (Å²) in [6.45, 7) is 4.12. The van der Waals surface area contributed by atoms with Gasteiger partial charge in [0.2, 0.25) is 5.91 Å². The molecule has 1 atom stereocenters. The highest BCUT2D eigenvalue weighted by molar-refractivity contribution is 7.03. The zero-order valence-electron chi connectivity index (χ0n) is 27.2. The molecule has 0 saturated carbocycles. The summed E-state index contributed by atoms with van der Waals surface area (Å²) in [6.07, 6.45) is 8.18. The molecule has 0 bridgehead atoms. The number of halogens is 1. The molecular weight excluding hydrogens is 656 g/mol. The van der Waals surface area contributed by atoms with Gasteiger partial charge in [-0.3, -0.25) is 19.3 Å². The summed E-state index contributed by atoms with van der Waals surface area (Å²) in [5.41, 5.74) is 9.56. The van der Waals surface area contributed by atoms with E-state index in [1.165, 1.54) is 53.9 Å². The van der Waals surface area contributed by atoms with E-state index < -0.39 is 42.9 Å². The molecule has 0 aliphatic carbocycles. The first-order valence-corrected chi connectivity index (χ1v) is 20.3. The second-order valence-corrected chi connectivity index (χ2v) is 19.0. The van der Waals surface area contributed by atoms with Crippen molar-refractivity contribution in [3.8, 4) is 0 Å². The van der Waals surface area contributed by atoms with Gasteiger partial charge >= 0.3 is 5.97 Å². The summed E-state index contributed by atoms with van der Waals surface area (Å²) >= 11 is 6.62. The fraction of sp³-hybridized carbons (Fsp3) is 0.368. The number of alkyl halides is 1. The van der Waals surface area contributed by atoms with Crippen LogP contribution in [0.2, 0.25) is 12.1 Å². The Morgan fingerprint density at radius 2 is 1.37 bits per heavy atom. The second-order valence-electron chi connectivity index (χ2n) is 14.3. The Balaban J connectivity index is 1.27. The van der Waals surface area contributed by atoms with E-state index in [9.17, 15) is 19.2 Å². The number of anilines is 2. The van der Waals surface area contributed by atoms with Crippen LogP contribution in [0, 0.1) is 0 Å². The molecule has 11 heteroatoms. The van der Waals surface area contributed by atoms with Crippen LogP contribution in [0.3, 0.4) is 0 Å². The molecule has 3 aromatic carbocycles. The van der Waals surface area contributed by atoms with Crippen LogP contribution in [0.1, 0.15) is 75.1 Å². The third kappa shape index (κ3) is 4.35. The van der Waals surface area contributed by atoms with Crippen LogP contribution in [0.5, 0.6) is 0 Å². The van der Waals surface area contributed by atoms with Crippen molar-refractivity contribution in [3.63, 3.8) is 0 Å². The number of rotatable bonds is 6. The molecule has 3 aromatic rings. The minimum absolute atomic E-state index is 0.0614. The van der Waals surface area contributed by atoms with Gasteiger partial charge in [0, 0.05) is 78.4 Å². The molecule has 6 aliphatic rings. The Kier molecular flexibility index (Phi) is 6.91. The number of fused-ring (bicyclic) bond motifs is 8. The third-order valence-corrected chi connectivity index (χ3v) is 17.5. The predicted octanol–water partition coefficient (Wildman–Crippen LogP) is 3.76. The van der Waals surface area contributed by atoms with Gasteiger partial charge in [-0.2, -0.15) is 0 Å². The average Bonchev–Trinajstić information content (AvgIpc) is 3.53. The SMILES string of the molecule is NC(=O)c1cc2c(cc1CC(Cl)N1C(=O)C=CC1=O)C(=O)OC21c2ccc(N3CCC3)cc2[Si]2(CCCCC2)c2cc(N3CCC3)ccc21. The molecule has 3 saturated heterocycles. The zero-order chi connectivity index (χ0) is 33.7. The Bertz CT molecular complexity index is 1930. The van der Waals surface area contributed by atoms with Gasteiger partial charge < -0.3 is 20.3 Å². The van der Waals surface area contributed by atoms with Crippen LogP contribution in [0.15, 0.2) is 60.7 Å². The molecule has 1 unspecified atom stereocenters. The van der Waals surface area contributed by atoms with Crippen molar-refractivity contribution in [1.82, 2.24) is 4.90 Å². The van der Waals surface area contributed by atoms with Crippen molar-refractivity contribution in [2.45, 2.75) is 61.7 Å². The van der Waals surface area contributed by atoms with E-state index in [1.54, 1.807) is 12.1 Å². The van der Waals surface area contributed by atoms with Gasteiger partial charge in [-0.05, 0) is 77.3 Å². The van der Waals surface area contributed by atoms with E-state index >= 15 is 0 Å². The smallest absolute Gasteiger partial charge is 0.340 e. The highest BCUT2D eigenvalue weighted by atomic mass is 35.5. The highest BCUT2D eigenvalue weighted by Gasteiger charge is 2.59. The van der Waals surface area contributed by atoms with Gasteiger partial charge in [-0.1, -0.05) is 43.0 Å². The summed E-state index contributed by atoms with van der Waals surface area (Å²) in [7, 11) is -2.31. The molecule has 9 rings (SSSR count). The Morgan fingerprint density at radius 3 is 1.88 bits per heavy atom. The van der Waals surface area contributed by atoms with Gasteiger partial charge in [0.25, 0.3) is 11.8 Å². The van der Waals surface area contributed by atoms with Crippen LogP contribution >= 0.6 is 11.6 Å². The standard InChI is InChI=1S/C38H37ClN4O5Si/c39-33(43-34(44)10-11-35(43)45)19-23-18-27-30(22-26(23)36(40)46)38(48-37(27)47)28-8-6-24(41-12-4-13-41)20-31(28)49(16-2-1-3-17-49)32-21-25(7-9-29(32)38)42-14-5-15-42/h6-11,18,20-22,33H,1-5,12-17,19H2,(H2,40,46). The Morgan fingerprint density at radius 1 is 0.796 bits per heavy atom. The predicted molar refractivity (Wildman–Crippen MR) is 190 cm³/mol. The summed E-state index contributed by atoms with van der Waals surface area (Å²) in [5, 5.41) is 2.66. The van der Waals surface area contributed by atoms with E-state index in [0.29, 0.717) is 16.7 Å². The van der Waals surface area contributed by atoms with Crippen LogP contribution < -0.4 is 25.9 Å². The highest BCUT2D eigenvalue weighted by Crippen LogP contribution is 2.52. The molecule has 6 aliphatic heterocycles. The first-order chi connectivity index (χ1) is 23.7. The van der Waals surface area contributed by atoms with E-state index in [2.05, 4.69) is 46.2 Å². The zero-order valence-corrected chi connectivity index (χ0v) is 28.9. The van der Waals surface area contributed by atoms with E-state index in [1.807, 2.05) is 0 Å². The normalized spacial score (nSPS) is 21.7. The largest absolute Gasteiger partial charge is 0.441 e.